The van der Waals surface area contributed by atoms with Crippen LogP contribution in [0.5, 0.6) is 0 Å². The summed E-state index contributed by atoms with van der Waals surface area (Å²) in [6.45, 7) is 5.70. The van der Waals surface area contributed by atoms with Gasteiger partial charge in [-0.15, -0.1) is 11.3 Å². The van der Waals surface area contributed by atoms with Crippen LogP contribution in [0.4, 0.5) is 0 Å². The average Bonchev–Trinajstić information content (AvgIpc) is 2.86. The summed E-state index contributed by atoms with van der Waals surface area (Å²) in [5, 5.41) is 3.28. The van der Waals surface area contributed by atoms with E-state index in [4.69, 9.17) is 0 Å². The minimum Gasteiger partial charge on any atom is -0.312 e. The van der Waals surface area contributed by atoms with Gasteiger partial charge in [0.25, 0.3) is 0 Å². The lowest BCUT2D eigenvalue weighted by Crippen LogP contribution is -2.32. The Hall–Kier alpha value is -0.0800. The molecule has 0 spiro atoms. The number of thiophene rings is 1. The van der Waals surface area contributed by atoms with E-state index in [1.165, 1.54) is 11.3 Å². The first-order valence-electron chi connectivity index (χ1n) is 6.80. The van der Waals surface area contributed by atoms with E-state index < -0.39 is 10.0 Å². The third kappa shape index (κ3) is 6.13. The first-order chi connectivity index (χ1) is 9.49. The van der Waals surface area contributed by atoms with Gasteiger partial charge in [-0.2, -0.15) is 11.8 Å². The minimum absolute atomic E-state index is 0.0313. The normalized spacial score (nSPS) is 13.6. The van der Waals surface area contributed by atoms with Crippen LogP contribution in [0.3, 0.4) is 0 Å². The van der Waals surface area contributed by atoms with Crippen LogP contribution >= 0.6 is 23.1 Å². The van der Waals surface area contributed by atoms with Crippen molar-refractivity contribution in [1.29, 1.82) is 0 Å². The zero-order valence-electron chi connectivity index (χ0n) is 12.3. The SMILES string of the molecule is CCCNCc1ccc(S(=O)(=O)NC(C)CCSC)s1. The first-order valence-corrected chi connectivity index (χ1v) is 10.5. The smallest absolute Gasteiger partial charge is 0.250 e. The van der Waals surface area contributed by atoms with Crippen LogP contribution in [0.1, 0.15) is 31.6 Å². The van der Waals surface area contributed by atoms with E-state index in [1.54, 1.807) is 17.8 Å². The zero-order chi connectivity index (χ0) is 15.0. The fraction of sp³-hybridized carbons (Fsp3) is 0.692. The molecular weight excluding hydrogens is 312 g/mol. The molecule has 1 rings (SSSR count). The van der Waals surface area contributed by atoms with Crippen LogP contribution in [-0.2, 0) is 16.6 Å². The van der Waals surface area contributed by atoms with Crippen molar-refractivity contribution in [3.63, 3.8) is 0 Å². The van der Waals surface area contributed by atoms with Gasteiger partial charge in [-0.05, 0) is 50.5 Å². The van der Waals surface area contributed by atoms with Crippen molar-refractivity contribution >= 4 is 33.1 Å². The van der Waals surface area contributed by atoms with Gasteiger partial charge in [-0.3, -0.25) is 0 Å². The highest BCUT2D eigenvalue weighted by Crippen LogP contribution is 2.22. The molecular formula is C13H24N2O2S3. The predicted molar refractivity (Wildman–Crippen MR) is 89.1 cm³/mol. The molecule has 1 atom stereocenters. The second-order valence-electron chi connectivity index (χ2n) is 4.70. The van der Waals surface area contributed by atoms with E-state index >= 15 is 0 Å². The van der Waals surface area contributed by atoms with Crippen LogP contribution in [0.25, 0.3) is 0 Å². The van der Waals surface area contributed by atoms with Gasteiger partial charge in [-0.1, -0.05) is 6.92 Å². The number of thioether (sulfide) groups is 1. The van der Waals surface area contributed by atoms with Crippen LogP contribution in [0.2, 0.25) is 0 Å². The molecule has 0 aliphatic carbocycles. The van der Waals surface area contributed by atoms with E-state index in [9.17, 15) is 8.42 Å². The van der Waals surface area contributed by atoms with Gasteiger partial charge in [-0.25, -0.2) is 13.1 Å². The van der Waals surface area contributed by atoms with Crippen LogP contribution in [0.15, 0.2) is 16.3 Å². The first kappa shape index (κ1) is 18.0. The van der Waals surface area contributed by atoms with Crippen molar-refractivity contribution in [2.75, 3.05) is 18.6 Å². The molecule has 0 aliphatic rings. The zero-order valence-corrected chi connectivity index (χ0v) is 14.8. The third-order valence-electron chi connectivity index (χ3n) is 2.74. The van der Waals surface area contributed by atoms with Crippen molar-refractivity contribution in [1.82, 2.24) is 10.0 Å². The second kappa shape index (κ2) is 9.04. The number of rotatable bonds is 10. The topological polar surface area (TPSA) is 58.2 Å². The lowest BCUT2D eigenvalue weighted by atomic mass is 10.3. The maximum Gasteiger partial charge on any atom is 0.250 e. The fourth-order valence-electron chi connectivity index (χ4n) is 1.66. The average molecular weight is 337 g/mol. The summed E-state index contributed by atoms with van der Waals surface area (Å²) < 4.78 is 27.6. The molecule has 1 aromatic rings. The Morgan fingerprint density at radius 1 is 1.40 bits per heavy atom. The molecule has 2 N–H and O–H groups in total. The number of nitrogens with one attached hydrogen (secondary N) is 2. The summed E-state index contributed by atoms with van der Waals surface area (Å²) >= 11 is 3.06. The molecule has 116 valence electrons. The Morgan fingerprint density at radius 3 is 2.80 bits per heavy atom. The van der Waals surface area contributed by atoms with Crippen LogP contribution < -0.4 is 10.0 Å². The maximum atomic E-state index is 12.2. The quantitative estimate of drug-likeness (QED) is 0.645. The Bertz CT molecular complexity index is 486. The highest BCUT2D eigenvalue weighted by Gasteiger charge is 2.19. The molecule has 0 bridgehead atoms. The molecule has 7 heteroatoms. The Kier molecular flexibility index (Phi) is 8.13. The van der Waals surface area contributed by atoms with E-state index in [2.05, 4.69) is 17.0 Å². The van der Waals surface area contributed by atoms with Gasteiger partial charge in [0.05, 0.1) is 0 Å². The van der Waals surface area contributed by atoms with Gasteiger partial charge < -0.3 is 5.32 Å². The molecule has 1 unspecified atom stereocenters. The fourth-order valence-corrected chi connectivity index (χ4v) is 4.87. The number of hydrogen-bond acceptors (Lipinski definition) is 5. The molecule has 0 aromatic carbocycles. The van der Waals surface area contributed by atoms with Gasteiger partial charge in [0, 0.05) is 17.5 Å². The lowest BCUT2D eigenvalue weighted by Gasteiger charge is -2.12. The Morgan fingerprint density at radius 2 is 2.15 bits per heavy atom. The summed E-state index contributed by atoms with van der Waals surface area (Å²) in [6, 6.07) is 3.54. The van der Waals surface area contributed by atoms with E-state index in [-0.39, 0.29) is 6.04 Å². The molecule has 0 radical (unpaired) electrons. The molecule has 0 aliphatic heterocycles. The van der Waals surface area contributed by atoms with Crippen molar-refractivity contribution in [2.24, 2.45) is 0 Å². The molecule has 20 heavy (non-hydrogen) atoms. The Labute approximate surface area is 130 Å². The van der Waals surface area contributed by atoms with Crippen molar-refractivity contribution < 1.29 is 8.42 Å². The summed E-state index contributed by atoms with van der Waals surface area (Å²) in [6.07, 6.45) is 3.94. The summed E-state index contributed by atoms with van der Waals surface area (Å²) in [4.78, 5) is 1.05. The monoisotopic (exact) mass is 336 g/mol. The van der Waals surface area contributed by atoms with Crippen molar-refractivity contribution in [3.8, 4) is 0 Å². The van der Waals surface area contributed by atoms with Crippen molar-refractivity contribution in [3.05, 3.63) is 17.0 Å². The molecule has 0 saturated carbocycles. The third-order valence-corrected chi connectivity index (χ3v) is 6.55. The molecule has 1 aromatic heterocycles. The number of hydrogen-bond donors (Lipinski definition) is 2. The second-order valence-corrected chi connectivity index (χ2v) is 8.80. The van der Waals surface area contributed by atoms with Gasteiger partial charge >= 0.3 is 0 Å². The van der Waals surface area contributed by atoms with E-state index in [0.29, 0.717) is 4.21 Å². The lowest BCUT2D eigenvalue weighted by molar-refractivity contribution is 0.559. The maximum absolute atomic E-state index is 12.2. The van der Waals surface area contributed by atoms with Crippen LogP contribution in [0, 0.1) is 0 Å². The molecule has 0 fully saturated rings. The van der Waals surface area contributed by atoms with Crippen molar-refractivity contribution in [2.45, 2.75) is 43.5 Å². The van der Waals surface area contributed by atoms with Gasteiger partial charge in [0.2, 0.25) is 10.0 Å². The molecule has 1 heterocycles. The van der Waals surface area contributed by atoms with Gasteiger partial charge in [0.15, 0.2) is 0 Å². The van der Waals surface area contributed by atoms with Crippen LogP contribution in [-0.4, -0.2) is 33.0 Å². The minimum atomic E-state index is -3.37. The molecule has 0 amide bonds. The van der Waals surface area contributed by atoms with E-state index in [1.807, 2.05) is 19.2 Å². The highest BCUT2D eigenvalue weighted by molar-refractivity contribution is 7.98. The number of sulfonamides is 1. The van der Waals surface area contributed by atoms with Gasteiger partial charge in [0.1, 0.15) is 4.21 Å². The summed E-state index contributed by atoms with van der Waals surface area (Å²) in [5.74, 6) is 0.959. The Balaban J connectivity index is 2.59. The summed E-state index contributed by atoms with van der Waals surface area (Å²) in [5.41, 5.74) is 0. The standard InChI is InChI=1S/C13H24N2O2S3/c1-4-8-14-10-12-5-6-13(19-12)20(16,17)15-11(2)7-9-18-3/h5-6,11,14-15H,4,7-10H2,1-3H3. The summed E-state index contributed by atoms with van der Waals surface area (Å²) in [7, 11) is -3.37. The largest absolute Gasteiger partial charge is 0.312 e. The molecule has 0 saturated heterocycles. The van der Waals surface area contributed by atoms with E-state index in [0.717, 1.165) is 36.6 Å². The molecule has 4 nitrogen and oxygen atoms in total. The predicted octanol–water partition coefficient (Wildman–Crippen LogP) is 2.67. The highest BCUT2D eigenvalue weighted by atomic mass is 32.2.